The number of benzene rings is 1. The van der Waals surface area contributed by atoms with Gasteiger partial charge in [0, 0.05) is 17.1 Å². The van der Waals surface area contributed by atoms with Gasteiger partial charge in [-0.1, -0.05) is 23.1 Å². The molecule has 1 aliphatic heterocycles. The molecule has 4 rings (SSSR count). The fourth-order valence-electron chi connectivity index (χ4n) is 2.96. The fraction of sp³-hybridized carbons (Fsp3) is 0.200. The molecular formula is C20H18FN5O4S2. The Hall–Kier alpha value is -3.38. The lowest BCUT2D eigenvalue weighted by atomic mass is 10.0. The van der Waals surface area contributed by atoms with Crippen LogP contribution in [0.2, 0.25) is 0 Å². The molecule has 1 aliphatic rings. The van der Waals surface area contributed by atoms with Crippen LogP contribution in [-0.4, -0.2) is 34.6 Å². The molecular weight excluding hydrogens is 457 g/mol. The van der Waals surface area contributed by atoms with Crippen molar-refractivity contribution >= 4 is 45.9 Å². The number of carbonyl (C=O) groups excluding carboxylic acids is 2. The first-order valence-electron chi connectivity index (χ1n) is 9.53. The Bertz CT molecular complexity index is 1130. The Morgan fingerprint density at radius 3 is 2.84 bits per heavy atom. The van der Waals surface area contributed by atoms with E-state index in [4.69, 9.17) is 9.15 Å². The van der Waals surface area contributed by atoms with Crippen LogP contribution in [0, 0.1) is 5.82 Å². The van der Waals surface area contributed by atoms with Gasteiger partial charge in [0.25, 0.3) is 0 Å². The van der Waals surface area contributed by atoms with E-state index in [1.165, 1.54) is 41.5 Å². The maximum Gasteiger partial charge on any atom is 0.338 e. The smallest absolute Gasteiger partial charge is 0.338 e. The maximum atomic E-state index is 13.1. The van der Waals surface area contributed by atoms with E-state index < -0.39 is 18.0 Å². The van der Waals surface area contributed by atoms with E-state index in [1.54, 1.807) is 31.2 Å². The molecule has 0 saturated carbocycles. The van der Waals surface area contributed by atoms with Gasteiger partial charge in [0.15, 0.2) is 4.34 Å². The van der Waals surface area contributed by atoms with E-state index in [0.717, 1.165) is 0 Å². The van der Waals surface area contributed by atoms with E-state index in [-0.39, 0.29) is 23.8 Å². The zero-order valence-corrected chi connectivity index (χ0v) is 18.4. The summed E-state index contributed by atoms with van der Waals surface area (Å²) in [4.78, 5) is 24.9. The Balaban J connectivity index is 1.52. The highest BCUT2D eigenvalue weighted by molar-refractivity contribution is 8.01. The van der Waals surface area contributed by atoms with Gasteiger partial charge in [0.2, 0.25) is 5.13 Å². The number of nitrogens with one attached hydrogen (secondary N) is 3. The van der Waals surface area contributed by atoms with Crippen LogP contribution < -0.4 is 16.0 Å². The Morgan fingerprint density at radius 1 is 1.31 bits per heavy atom. The van der Waals surface area contributed by atoms with E-state index in [0.29, 0.717) is 26.6 Å². The van der Waals surface area contributed by atoms with Crippen LogP contribution in [0.5, 0.6) is 0 Å². The molecule has 0 bridgehead atoms. The molecule has 2 amide bonds. The second-order valence-electron chi connectivity index (χ2n) is 6.45. The zero-order chi connectivity index (χ0) is 22.5. The second-order valence-corrected chi connectivity index (χ2v) is 8.65. The quantitative estimate of drug-likeness (QED) is 0.331. The number of esters is 1. The minimum absolute atomic E-state index is 0.191. The van der Waals surface area contributed by atoms with E-state index in [1.807, 2.05) is 0 Å². The van der Waals surface area contributed by atoms with Crippen LogP contribution in [-0.2, 0) is 9.53 Å². The van der Waals surface area contributed by atoms with Crippen LogP contribution in [0.4, 0.5) is 20.0 Å². The summed E-state index contributed by atoms with van der Waals surface area (Å²) in [6, 6.07) is 8.02. The van der Waals surface area contributed by atoms with Crippen LogP contribution in [0.3, 0.4) is 0 Å². The molecule has 0 radical (unpaired) electrons. The van der Waals surface area contributed by atoms with E-state index in [2.05, 4.69) is 26.1 Å². The maximum absolute atomic E-state index is 13.1. The first-order valence-corrected chi connectivity index (χ1v) is 11.3. The lowest BCUT2D eigenvalue weighted by molar-refractivity contribution is -0.139. The van der Waals surface area contributed by atoms with Crippen molar-refractivity contribution in [3.8, 4) is 0 Å². The molecule has 1 aromatic carbocycles. The molecule has 0 aliphatic carbocycles. The van der Waals surface area contributed by atoms with Gasteiger partial charge in [-0.25, -0.2) is 14.0 Å². The van der Waals surface area contributed by atoms with Gasteiger partial charge in [-0.15, -0.1) is 10.2 Å². The molecule has 9 nitrogen and oxygen atoms in total. The topological polar surface area (TPSA) is 118 Å². The lowest BCUT2D eigenvalue weighted by Gasteiger charge is -2.27. The van der Waals surface area contributed by atoms with Crippen molar-refractivity contribution in [2.45, 2.75) is 17.3 Å². The molecule has 12 heteroatoms. The third kappa shape index (κ3) is 5.08. The Morgan fingerprint density at radius 2 is 2.12 bits per heavy atom. The average Bonchev–Trinajstić information content (AvgIpc) is 3.46. The highest BCUT2D eigenvalue weighted by Gasteiger charge is 2.35. The number of nitrogens with zero attached hydrogens (tertiary/aromatic N) is 2. The number of carbonyl (C=O) groups is 2. The van der Waals surface area contributed by atoms with Crippen LogP contribution in [0.15, 0.2) is 62.7 Å². The van der Waals surface area contributed by atoms with E-state index in [9.17, 15) is 14.0 Å². The highest BCUT2D eigenvalue weighted by Crippen LogP contribution is 2.33. The van der Waals surface area contributed by atoms with Crippen LogP contribution in [0.25, 0.3) is 0 Å². The van der Waals surface area contributed by atoms with Crippen molar-refractivity contribution in [1.82, 2.24) is 20.8 Å². The molecule has 166 valence electrons. The number of hydrogen-bond acceptors (Lipinski definition) is 9. The molecule has 0 fully saturated rings. The van der Waals surface area contributed by atoms with Gasteiger partial charge in [-0.2, -0.15) is 0 Å². The summed E-state index contributed by atoms with van der Waals surface area (Å²) in [6.07, 6.45) is 1.47. The summed E-state index contributed by atoms with van der Waals surface area (Å²) in [5.74, 6) is -0.198. The third-order valence-corrected chi connectivity index (χ3v) is 6.32. The molecule has 2 aromatic heterocycles. The number of urea groups is 1. The number of hydrogen-bond donors (Lipinski definition) is 3. The minimum Gasteiger partial charge on any atom is -0.467 e. The third-order valence-electron chi connectivity index (χ3n) is 4.32. The van der Waals surface area contributed by atoms with Gasteiger partial charge in [-0.3, -0.25) is 0 Å². The molecule has 1 unspecified atom stereocenters. The molecule has 32 heavy (non-hydrogen) atoms. The summed E-state index contributed by atoms with van der Waals surface area (Å²) in [5.41, 5.74) is 1.35. The number of ether oxygens (including phenoxy) is 1. The first-order chi connectivity index (χ1) is 15.5. The summed E-state index contributed by atoms with van der Waals surface area (Å²) in [5, 5.41) is 17.2. The Kier molecular flexibility index (Phi) is 6.71. The van der Waals surface area contributed by atoms with Crippen molar-refractivity contribution in [3.05, 3.63) is 65.5 Å². The van der Waals surface area contributed by atoms with Crippen LogP contribution in [0.1, 0.15) is 18.7 Å². The van der Waals surface area contributed by atoms with Gasteiger partial charge in [0.1, 0.15) is 17.6 Å². The van der Waals surface area contributed by atoms with Gasteiger partial charge in [-0.05, 0) is 43.3 Å². The van der Waals surface area contributed by atoms with Crippen molar-refractivity contribution in [1.29, 1.82) is 0 Å². The van der Waals surface area contributed by atoms with Gasteiger partial charge < -0.3 is 25.1 Å². The number of aromatic nitrogens is 2. The van der Waals surface area contributed by atoms with Crippen molar-refractivity contribution < 1.29 is 23.1 Å². The minimum atomic E-state index is -0.765. The lowest BCUT2D eigenvalue weighted by Crippen LogP contribution is -2.46. The molecule has 0 saturated heterocycles. The number of furan rings is 1. The number of rotatable bonds is 8. The predicted molar refractivity (Wildman–Crippen MR) is 117 cm³/mol. The molecule has 3 heterocycles. The van der Waals surface area contributed by atoms with Crippen molar-refractivity contribution in [2.24, 2.45) is 0 Å². The zero-order valence-electron chi connectivity index (χ0n) is 16.8. The SMILES string of the molecule is CCOC(=O)C1=C(CSc2nnc(Nc3ccc(F)cc3)s2)NC(=O)NC1c1ccco1. The number of amides is 2. The fourth-order valence-corrected chi connectivity index (χ4v) is 4.70. The average molecular weight is 476 g/mol. The monoisotopic (exact) mass is 475 g/mol. The van der Waals surface area contributed by atoms with Crippen LogP contribution >= 0.6 is 23.1 Å². The number of anilines is 2. The largest absolute Gasteiger partial charge is 0.467 e. The molecule has 1 atom stereocenters. The van der Waals surface area contributed by atoms with E-state index >= 15 is 0 Å². The first kappa shape index (κ1) is 21.8. The normalized spacial score (nSPS) is 15.8. The Labute approximate surface area is 190 Å². The van der Waals surface area contributed by atoms with Crippen molar-refractivity contribution in [3.63, 3.8) is 0 Å². The molecule has 0 spiro atoms. The molecule has 3 N–H and O–H groups in total. The highest BCUT2D eigenvalue weighted by atomic mass is 32.2. The molecule has 3 aromatic rings. The predicted octanol–water partition coefficient (Wildman–Crippen LogP) is 3.98. The number of thioether (sulfide) groups is 1. The number of halogens is 1. The second kappa shape index (κ2) is 9.83. The standard InChI is InChI=1S/C20H18FN5O4S2/c1-2-29-17(27)15-13(23-18(28)24-16(15)14-4-3-9-30-14)10-31-20-26-25-19(32-20)22-12-7-5-11(21)6-8-12/h3-9,16H,2,10H2,1H3,(H,22,25)(H2,23,24,28). The van der Waals surface area contributed by atoms with Gasteiger partial charge in [0.05, 0.1) is 18.4 Å². The van der Waals surface area contributed by atoms with Gasteiger partial charge >= 0.3 is 12.0 Å². The summed E-state index contributed by atoms with van der Waals surface area (Å²) < 4.78 is 24.3. The van der Waals surface area contributed by atoms with Crippen molar-refractivity contribution in [2.75, 3.05) is 17.7 Å². The summed E-state index contributed by atoms with van der Waals surface area (Å²) in [6.45, 7) is 1.90. The summed E-state index contributed by atoms with van der Waals surface area (Å²) in [7, 11) is 0. The summed E-state index contributed by atoms with van der Waals surface area (Å²) >= 11 is 2.60.